The van der Waals surface area contributed by atoms with Crippen molar-refractivity contribution < 1.29 is 0 Å². The van der Waals surface area contributed by atoms with Gasteiger partial charge in [0.2, 0.25) is 0 Å². The molecule has 0 amide bonds. The van der Waals surface area contributed by atoms with Crippen molar-refractivity contribution in [3.63, 3.8) is 0 Å². The van der Waals surface area contributed by atoms with Gasteiger partial charge in [-0.15, -0.1) is 0 Å². The fraction of sp³-hybridized carbons (Fsp3) is 0.276. The topological polar surface area (TPSA) is 50.9 Å². The molecule has 2 unspecified atom stereocenters. The molecule has 2 bridgehead atoms. The Kier molecular flexibility index (Phi) is 4.61. The summed E-state index contributed by atoms with van der Waals surface area (Å²) in [5.41, 5.74) is 8.23. The number of rotatable bonds is 4. The fourth-order valence-electron chi connectivity index (χ4n) is 6.01. The van der Waals surface area contributed by atoms with Crippen molar-refractivity contribution in [1.82, 2.24) is 24.8 Å². The summed E-state index contributed by atoms with van der Waals surface area (Å²) in [5, 5.41) is 2.38. The second-order valence-electron chi connectivity index (χ2n) is 10.0. The minimum atomic E-state index is 0.740. The molecule has 5 aromatic rings. The van der Waals surface area contributed by atoms with Crippen LogP contribution in [0.1, 0.15) is 18.4 Å². The van der Waals surface area contributed by atoms with Gasteiger partial charge in [-0.2, -0.15) is 0 Å². The average molecular weight is 448 g/mol. The molecule has 3 aromatic heterocycles. The van der Waals surface area contributed by atoms with Crippen LogP contribution in [0.3, 0.4) is 0 Å². The summed E-state index contributed by atoms with van der Waals surface area (Å²) in [6.45, 7) is 3.43. The van der Waals surface area contributed by atoms with E-state index in [-0.39, 0.29) is 0 Å². The lowest BCUT2D eigenvalue weighted by atomic mass is 10.0. The first-order valence-electron chi connectivity index (χ1n) is 12.3. The Morgan fingerprint density at radius 1 is 0.882 bits per heavy atom. The third-order valence-corrected chi connectivity index (χ3v) is 8.01. The molecular weight excluding hydrogens is 418 g/mol. The highest BCUT2D eigenvalue weighted by Crippen LogP contribution is 2.33. The first-order valence-corrected chi connectivity index (χ1v) is 12.3. The van der Waals surface area contributed by atoms with Gasteiger partial charge in [-0.05, 0) is 66.2 Å². The highest BCUT2D eigenvalue weighted by Gasteiger charge is 2.37. The zero-order chi connectivity index (χ0) is 22.6. The number of nitrogens with one attached hydrogen (secondary N) is 2. The molecule has 2 N–H and O–H groups in total. The van der Waals surface area contributed by atoms with Crippen LogP contribution in [-0.4, -0.2) is 57.0 Å². The summed E-state index contributed by atoms with van der Waals surface area (Å²) in [6, 6.07) is 21.5. The molecule has 5 heteroatoms. The second-order valence-corrected chi connectivity index (χ2v) is 10.0. The average Bonchev–Trinajstić information content (AvgIpc) is 3.55. The van der Waals surface area contributed by atoms with Gasteiger partial charge < -0.3 is 9.97 Å². The summed E-state index contributed by atoms with van der Waals surface area (Å²) in [4.78, 5) is 16.6. The molecule has 2 aliphatic heterocycles. The monoisotopic (exact) mass is 447 g/mol. The maximum atomic E-state index is 4.73. The molecule has 2 atom stereocenters. The number of aromatic nitrogens is 3. The van der Waals surface area contributed by atoms with Crippen LogP contribution in [0.5, 0.6) is 0 Å². The quantitative estimate of drug-likeness (QED) is 0.374. The van der Waals surface area contributed by atoms with Crippen LogP contribution in [0, 0.1) is 0 Å². The minimum absolute atomic E-state index is 0.740. The van der Waals surface area contributed by atoms with E-state index < -0.39 is 0 Å². The largest absolute Gasteiger partial charge is 0.361 e. The van der Waals surface area contributed by atoms with Crippen molar-refractivity contribution in [3.05, 3.63) is 78.8 Å². The van der Waals surface area contributed by atoms with Crippen LogP contribution in [0.2, 0.25) is 0 Å². The first-order chi connectivity index (χ1) is 16.7. The van der Waals surface area contributed by atoms with Crippen LogP contribution in [-0.2, 0) is 6.54 Å². The van der Waals surface area contributed by atoms with Crippen LogP contribution >= 0.6 is 0 Å². The Balaban J connectivity index is 1.15. The van der Waals surface area contributed by atoms with Gasteiger partial charge in [0.1, 0.15) is 5.65 Å². The van der Waals surface area contributed by atoms with Gasteiger partial charge >= 0.3 is 0 Å². The number of H-pyrrole nitrogens is 2. The van der Waals surface area contributed by atoms with Crippen LogP contribution in [0.4, 0.5) is 0 Å². The van der Waals surface area contributed by atoms with Crippen LogP contribution in [0.15, 0.2) is 73.2 Å². The van der Waals surface area contributed by atoms with E-state index >= 15 is 0 Å². The van der Waals surface area contributed by atoms with Gasteiger partial charge in [-0.1, -0.05) is 30.3 Å². The highest BCUT2D eigenvalue weighted by atomic mass is 15.3. The molecule has 7 rings (SSSR count). The van der Waals surface area contributed by atoms with Crippen molar-refractivity contribution in [2.75, 3.05) is 20.1 Å². The van der Waals surface area contributed by atoms with E-state index in [1.54, 1.807) is 0 Å². The van der Waals surface area contributed by atoms with Crippen molar-refractivity contribution in [2.24, 2.45) is 0 Å². The second kappa shape index (κ2) is 7.83. The lowest BCUT2D eigenvalue weighted by Gasteiger charge is -2.38. The molecule has 0 radical (unpaired) electrons. The number of benzene rings is 2. The summed E-state index contributed by atoms with van der Waals surface area (Å²) < 4.78 is 0. The fourth-order valence-corrected chi connectivity index (χ4v) is 6.01. The molecule has 34 heavy (non-hydrogen) atoms. The first kappa shape index (κ1) is 20.0. The van der Waals surface area contributed by atoms with Crippen LogP contribution in [0.25, 0.3) is 44.2 Å². The molecule has 2 aromatic carbocycles. The van der Waals surface area contributed by atoms with Crippen molar-refractivity contribution in [2.45, 2.75) is 31.5 Å². The van der Waals surface area contributed by atoms with E-state index in [4.69, 9.17) is 4.98 Å². The standard InChI is InChI=1S/C29H29N5/c1-33-24-7-8-25(33)18-34(17-24)16-19-2-4-20(5-3-19)23-13-26-27(15-32-29(26)31-14-23)21-6-9-28-22(12-21)10-11-30-28/h2-6,9-15,24-25,30H,7-8,16-18H2,1H3,(H,31,32). The predicted molar refractivity (Wildman–Crippen MR) is 139 cm³/mol. The summed E-state index contributed by atoms with van der Waals surface area (Å²) in [5.74, 6) is 0. The molecule has 5 nitrogen and oxygen atoms in total. The van der Waals surface area contributed by atoms with Gasteiger partial charge in [-0.3, -0.25) is 9.80 Å². The van der Waals surface area contributed by atoms with Crippen LogP contribution < -0.4 is 0 Å². The molecule has 2 fully saturated rings. The number of likely N-dealkylation sites (N-methyl/N-ethyl adjacent to an activating group) is 1. The maximum absolute atomic E-state index is 4.73. The summed E-state index contributed by atoms with van der Waals surface area (Å²) >= 11 is 0. The number of hydrogen-bond donors (Lipinski definition) is 2. The molecule has 0 saturated carbocycles. The van der Waals surface area contributed by atoms with E-state index in [2.05, 4.69) is 87.6 Å². The Labute approximate surface area is 199 Å². The molecule has 2 aliphatic rings. The number of nitrogens with zero attached hydrogens (tertiary/aromatic N) is 3. The number of likely N-dealkylation sites (tertiary alicyclic amines) is 1. The summed E-state index contributed by atoms with van der Waals surface area (Å²) in [6.07, 6.45) is 8.74. The van der Waals surface area contributed by atoms with E-state index in [9.17, 15) is 0 Å². The van der Waals surface area contributed by atoms with Gasteiger partial charge in [0.15, 0.2) is 0 Å². The number of fused-ring (bicyclic) bond motifs is 4. The minimum Gasteiger partial charge on any atom is -0.361 e. The van der Waals surface area contributed by atoms with E-state index in [0.717, 1.165) is 40.7 Å². The molecule has 0 aliphatic carbocycles. The predicted octanol–water partition coefficient (Wildman–Crippen LogP) is 5.66. The lowest BCUT2D eigenvalue weighted by Crippen LogP contribution is -2.51. The molecule has 0 spiro atoms. The molecule has 2 saturated heterocycles. The molecule has 5 heterocycles. The van der Waals surface area contributed by atoms with Gasteiger partial charge in [0.05, 0.1) is 0 Å². The maximum Gasteiger partial charge on any atom is 0.137 e. The number of hydrogen-bond acceptors (Lipinski definition) is 3. The molecular formula is C29H29N5. The molecule has 170 valence electrons. The SMILES string of the molecule is CN1C2CCC1CN(Cc1ccc(-c3cnc4[nH]cc(-c5ccc6[nH]ccc6c5)c4c3)cc1)C2. The Morgan fingerprint density at radius 2 is 1.68 bits per heavy atom. The zero-order valence-electron chi connectivity index (χ0n) is 19.5. The third kappa shape index (κ3) is 3.35. The van der Waals surface area contributed by atoms with Crippen molar-refractivity contribution in [3.8, 4) is 22.3 Å². The van der Waals surface area contributed by atoms with Gasteiger partial charge in [-0.25, -0.2) is 4.98 Å². The van der Waals surface area contributed by atoms with Gasteiger partial charge in [0.25, 0.3) is 0 Å². The normalized spacial score (nSPS) is 21.1. The number of aromatic amines is 2. The van der Waals surface area contributed by atoms with E-state index in [1.165, 1.54) is 53.6 Å². The number of pyridine rings is 1. The van der Waals surface area contributed by atoms with E-state index in [1.807, 2.05) is 12.4 Å². The van der Waals surface area contributed by atoms with Crippen molar-refractivity contribution >= 4 is 21.9 Å². The zero-order valence-corrected chi connectivity index (χ0v) is 19.5. The smallest absolute Gasteiger partial charge is 0.137 e. The Hall–Kier alpha value is -3.41. The summed E-state index contributed by atoms with van der Waals surface area (Å²) in [7, 11) is 2.30. The third-order valence-electron chi connectivity index (χ3n) is 8.01. The van der Waals surface area contributed by atoms with E-state index in [0.29, 0.717) is 0 Å². The van der Waals surface area contributed by atoms with Gasteiger partial charge in [0, 0.05) is 72.3 Å². The lowest BCUT2D eigenvalue weighted by molar-refractivity contribution is 0.0837. The highest BCUT2D eigenvalue weighted by molar-refractivity contribution is 5.98. The van der Waals surface area contributed by atoms with Crippen molar-refractivity contribution in [1.29, 1.82) is 0 Å². The number of piperazine rings is 1. The Bertz CT molecular complexity index is 1460. The Morgan fingerprint density at radius 3 is 2.50 bits per heavy atom.